The molecule has 3 amide bonds. The van der Waals surface area contributed by atoms with Gasteiger partial charge in [0.2, 0.25) is 11.8 Å². The first-order valence-corrected chi connectivity index (χ1v) is 7.39. The molecule has 0 spiro atoms. The first kappa shape index (κ1) is 15.2. The van der Waals surface area contributed by atoms with Crippen molar-refractivity contribution in [2.45, 2.75) is 39.2 Å². The Labute approximate surface area is 124 Å². The minimum atomic E-state index is -0.515. The van der Waals surface area contributed by atoms with Crippen molar-refractivity contribution in [3.05, 3.63) is 35.4 Å². The molecular formula is C16H20N2O3. The number of piperidine rings is 1. The second-order valence-corrected chi connectivity index (χ2v) is 4.87. The zero-order valence-electron chi connectivity index (χ0n) is 12.4. The van der Waals surface area contributed by atoms with Crippen molar-refractivity contribution in [1.82, 2.24) is 10.2 Å². The highest BCUT2D eigenvalue weighted by Gasteiger charge is 2.36. The van der Waals surface area contributed by atoms with Crippen LogP contribution in [0, 0.1) is 0 Å². The van der Waals surface area contributed by atoms with Crippen LogP contribution in [0.2, 0.25) is 0 Å². The van der Waals surface area contributed by atoms with Crippen molar-refractivity contribution in [3.8, 4) is 0 Å². The number of hydrogen-bond acceptors (Lipinski definition) is 3. The molecule has 21 heavy (non-hydrogen) atoms. The number of benzene rings is 1. The predicted molar refractivity (Wildman–Crippen MR) is 78.7 cm³/mol. The number of carbonyl (C=O) groups excluding carboxylic acids is 3. The van der Waals surface area contributed by atoms with Crippen LogP contribution < -0.4 is 5.32 Å². The van der Waals surface area contributed by atoms with E-state index in [4.69, 9.17) is 0 Å². The third-order valence-corrected chi connectivity index (χ3v) is 3.72. The number of nitrogens with one attached hydrogen (secondary N) is 1. The van der Waals surface area contributed by atoms with E-state index in [0.717, 1.165) is 12.0 Å². The fourth-order valence-electron chi connectivity index (χ4n) is 2.72. The van der Waals surface area contributed by atoms with Gasteiger partial charge in [-0.25, -0.2) is 0 Å². The van der Waals surface area contributed by atoms with Crippen molar-refractivity contribution in [3.63, 3.8) is 0 Å². The normalized spacial score (nSPS) is 21.1. The van der Waals surface area contributed by atoms with E-state index in [2.05, 4.69) is 5.32 Å². The van der Waals surface area contributed by atoms with Gasteiger partial charge in [0.25, 0.3) is 5.91 Å². The molecular weight excluding hydrogens is 268 g/mol. The molecule has 0 aliphatic carbocycles. The molecule has 2 heterocycles. The van der Waals surface area contributed by atoms with Gasteiger partial charge in [-0.15, -0.1) is 0 Å². The summed E-state index contributed by atoms with van der Waals surface area (Å²) in [5.41, 5.74) is 1.69. The molecule has 1 atom stereocenters. The van der Waals surface area contributed by atoms with E-state index in [1.54, 1.807) is 11.0 Å². The van der Waals surface area contributed by atoms with Crippen molar-refractivity contribution in [1.29, 1.82) is 0 Å². The van der Waals surface area contributed by atoms with E-state index in [1.165, 1.54) is 0 Å². The summed E-state index contributed by atoms with van der Waals surface area (Å²) in [5, 5.41) is 2.30. The molecule has 3 rings (SSSR count). The lowest BCUT2D eigenvalue weighted by Crippen LogP contribution is -2.55. The Bertz CT molecular complexity index is 568. The fourth-order valence-corrected chi connectivity index (χ4v) is 2.72. The van der Waals surface area contributed by atoms with Gasteiger partial charge in [0.05, 0.1) is 0 Å². The lowest BCUT2D eigenvalue weighted by atomic mass is 9.95. The van der Waals surface area contributed by atoms with Gasteiger partial charge < -0.3 is 4.90 Å². The number of amides is 3. The highest BCUT2D eigenvalue weighted by Crippen LogP contribution is 2.23. The van der Waals surface area contributed by atoms with Crippen LogP contribution in [-0.2, 0) is 16.0 Å². The number of fused-ring (bicyclic) bond motifs is 1. The average Bonchev–Trinajstić information content (AvgIpc) is 2.51. The number of rotatable bonds is 1. The van der Waals surface area contributed by atoms with E-state index in [1.807, 2.05) is 32.0 Å². The van der Waals surface area contributed by atoms with Crippen LogP contribution in [0.4, 0.5) is 0 Å². The molecule has 1 saturated heterocycles. The quantitative estimate of drug-likeness (QED) is 0.797. The van der Waals surface area contributed by atoms with E-state index in [0.29, 0.717) is 24.9 Å². The van der Waals surface area contributed by atoms with Gasteiger partial charge in [0.1, 0.15) is 6.04 Å². The molecule has 0 aromatic heterocycles. The Morgan fingerprint density at radius 2 is 1.81 bits per heavy atom. The maximum Gasteiger partial charge on any atom is 0.254 e. The Morgan fingerprint density at radius 3 is 2.52 bits per heavy atom. The molecule has 1 fully saturated rings. The smallest absolute Gasteiger partial charge is 0.254 e. The Hall–Kier alpha value is -2.17. The molecule has 0 saturated carbocycles. The third kappa shape index (κ3) is 2.96. The topological polar surface area (TPSA) is 66.5 Å². The molecule has 5 heteroatoms. The molecule has 0 radical (unpaired) electrons. The monoisotopic (exact) mass is 288 g/mol. The van der Waals surface area contributed by atoms with Gasteiger partial charge in [0.15, 0.2) is 0 Å². The van der Waals surface area contributed by atoms with E-state index >= 15 is 0 Å². The van der Waals surface area contributed by atoms with Crippen LogP contribution in [0.25, 0.3) is 0 Å². The summed E-state index contributed by atoms with van der Waals surface area (Å²) < 4.78 is 0. The van der Waals surface area contributed by atoms with E-state index in [9.17, 15) is 14.4 Å². The Kier molecular flexibility index (Phi) is 4.73. The van der Waals surface area contributed by atoms with Crippen LogP contribution in [0.15, 0.2) is 24.3 Å². The molecule has 2 aliphatic rings. The lowest BCUT2D eigenvalue weighted by Gasteiger charge is -2.36. The third-order valence-electron chi connectivity index (χ3n) is 3.72. The summed E-state index contributed by atoms with van der Waals surface area (Å²) in [4.78, 5) is 37.0. The van der Waals surface area contributed by atoms with Crippen LogP contribution in [0.1, 0.15) is 42.6 Å². The van der Waals surface area contributed by atoms with Crippen LogP contribution >= 0.6 is 0 Å². The highest BCUT2D eigenvalue weighted by atomic mass is 16.2. The maximum atomic E-state index is 12.4. The molecule has 1 unspecified atom stereocenters. The van der Waals surface area contributed by atoms with E-state index < -0.39 is 6.04 Å². The van der Waals surface area contributed by atoms with Crippen molar-refractivity contribution < 1.29 is 14.4 Å². The standard InChI is InChI=1S/C14H14N2O3.C2H6/c17-12-6-5-11(13(18)15-12)16-8-7-9-3-1-2-4-10(9)14(16)19;1-2/h1-4,11H,5-8H2,(H,15,17,18);1-2H3. The largest absolute Gasteiger partial charge is 0.326 e. The molecule has 1 N–H and O–H groups in total. The Morgan fingerprint density at radius 1 is 1.10 bits per heavy atom. The second-order valence-electron chi connectivity index (χ2n) is 4.87. The first-order chi connectivity index (χ1) is 10.2. The van der Waals surface area contributed by atoms with Gasteiger partial charge in [-0.05, 0) is 24.5 Å². The van der Waals surface area contributed by atoms with Crippen LogP contribution in [0.5, 0.6) is 0 Å². The second kappa shape index (κ2) is 6.52. The summed E-state index contributed by atoms with van der Waals surface area (Å²) in [7, 11) is 0. The summed E-state index contributed by atoms with van der Waals surface area (Å²) in [5.74, 6) is -0.730. The van der Waals surface area contributed by atoms with Gasteiger partial charge in [-0.1, -0.05) is 32.0 Å². The summed E-state index contributed by atoms with van der Waals surface area (Å²) >= 11 is 0. The zero-order valence-corrected chi connectivity index (χ0v) is 12.4. The fraction of sp³-hybridized carbons (Fsp3) is 0.438. The van der Waals surface area contributed by atoms with Gasteiger partial charge >= 0.3 is 0 Å². The van der Waals surface area contributed by atoms with Gasteiger partial charge in [-0.2, -0.15) is 0 Å². The zero-order chi connectivity index (χ0) is 15.4. The lowest BCUT2D eigenvalue weighted by molar-refractivity contribution is -0.136. The molecule has 112 valence electrons. The van der Waals surface area contributed by atoms with Gasteiger partial charge in [0, 0.05) is 18.5 Å². The van der Waals surface area contributed by atoms with Crippen LogP contribution in [-0.4, -0.2) is 35.2 Å². The highest BCUT2D eigenvalue weighted by molar-refractivity contribution is 6.04. The maximum absolute atomic E-state index is 12.4. The number of hydrogen-bond donors (Lipinski definition) is 1. The number of nitrogens with zero attached hydrogens (tertiary/aromatic N) is 1. The summed E-state index contributed by atoms with van der Waals surface area (Å²) in [6, 6.07) is 6.95. The summed E-state index contributed by atoms with van der Waals surface area (Å²) in [6.07, 6.45) is 1.46. The number of carbonyl (C=O) groups is 3. The average molecular weight is 288 g/mol. The molecule has 1 aromatic rings. The van der Waals surface area contributed by atoms with Gasteiger partial charge in [-0.3, -0.25) is 19.7 Å². The molecule has 0 bridgehead atoms. The van der Waals surface area contributed by atoms with Crippen LogP contribution in [0.3, 0.4) is 0 Å². The molecule has 2 aliphatic heterocycles. The van der Waals surface area contributed by atoms with Crippen molar-refractivity contribution in [2.24, 2.45) is 0 Å². The van der Waals surface area contributed by atoms with Crippen molar-refractivity contribution in [2.75, 3.05) is 6.54 Å². The SMILES string of the molecule is CC.O=C1CCC(N2CCc3ccccc3C2=O)C(=O)N1. The predicted octanol–water partition coefficient (Wildman–Crippen LogP) is 1.52. The number of imide groups is 1. The Balaban J connectivity index is 0.000000774. The van der Waals surface area contributed by atoms with Crippen molar-refractivity contribution >= 4 is 17.7 Å². The molecule has 1 aromatic carbocycles. The van der Waals surface area contributed by atoms with E-state index in [-0.39, 0.29) is 17.7 Å². The minimum absolute atomic E-state index is 0.114. The summed E-state index contributed by atoms with van der Waals surface area (Å²) in [6.45, 7) is 4.53. The molecule has 5 nitrogen and oxygen atoms in total. The first-order valence-electron chi connectivity index (χ1n) is 7.39. The minimum Gasteiger partial charge on any atom is -0.326 e.